The summed E-state index contributed by atoms with van der Waals surface area (Å²) in [5.74, 6) is 0.565. The number of aromatic nitrogens is 4. The van der Waals surface area contributed by atoms with Gasteiger partial charge in [0.1, 0.15) is 0 Å². The zero-order valence-corrected chi connectivity index (χ0v) is 16.5. The summed E-state index contributed by atoms with van der Waals surface area (Å²) >= 11 is 0. The maximum Gasteiger partial charge on any atom is 0.323 e. The molecule has 5 aromatic rings. The summed E-state index contributed by atoms with van der Waals surface area (Å²) in [5, 5.41) is 11.1. The van der Waals surface area contributed by atoms with Gasteiger partial charge in [0.25, 0.3) is 5.91 Å². The van der Waals surface area contributed by atoms with Gasteiger partial charge in [-0.2, -0.15) is 0 Å². The van der Waals surface area contributed by atoms with Crippen LogP contribution in [-0.2, 0) is 0 Å². The molecule has 0 saturated heterocycles. The molecule has 0 aliphatic heterocycles. The fraction of sp³-hybridized carbons (Fsp3) is 0.0435. The SMILES string of the molecule is Cc1ccccc1-c1nnc(-c2ccc(C(=O)Nc3ccc4[nH]c(=O)[nH]c4c3)cc2)o1. The highest BCUT2D eigenvalue weighted by Gasteiger charge is 2.13. The molecule has 0 unspecified atom stereocenters. The predicted molar refractivity (Wildman–Crippen MR) is 117 cm³/mol. The monoisotopic (exact) mass is 411 g/mol. The molecule has 0 aliphatic rings. The number of imidazole rings is 1. The van der Waals surface area contributed by atoms with Crippen molar-refractivity contribution in [2.45, 2.75) is 6.92 Å². The molecule has 0 fully saturated rings. The van der Waals surface area contributed by atoms with Gasteiger partial charge in [0.15, 0.2) is 0 Å². The number of carbonyl (C=O) groups is 1. The number of aromatic amines is 2. The smallest absolute Gasteiger partial charge is 0.323 e. The summed E-state index contributed by atoms with van der Waals surface area (Å²) < 4.78 is 5.82. The van der Waals surface area contributed by atoms with E-state index in [2.05, 4.69) is 25.5 Å². The number of H-pyrrole nitrogens is 2. The van der Waals surface area contributed by atoms with Crippen molar-refractivity contribution in [2.24, 2.45) is 0 Å². The maximum atomic E-state index is 12.6. The molecule has 0 bridgehead atoms. The van der Waals surface area contributed by atoms with Gasteiger partial charge in [-0.05, 0) is 61.0 Å². The van der Waals surface area contributed by atoms with E-state index in [4.69, 9.17) is 4.42 Å². The number of amides is 1. The third kappa shape index (κ3) is 3.62. The highest BCUT2D eigenvalue weighted by atomic mass is 16.4. The topological polar surface area (TPSA) is 117 Å². The van der Waals surface area contributed by atoms with E-state index < -0.39 is 0 Å². The van der Waals surface area contributed by atoms with Crippen LogP contribution in [0.3, 0.4) is 0 Å². The van der Waals surface area contributed by atoms with Crippen molar-refractivity contribution in [3.05, 3.63) is 88.3 Å². The second-order valence-electron chi connectivity index (χ2n) is 7.10. The number of carbonyl (C=O) groups excluding carboxylic acids is 1. The molecule has 2 heterocycles. The van der Waals surface area contributed by atoms with Gasteiger partial charge in [-0.1, -0.05) is 18.2 Å². The molecule has 0 spiro atoms. The molecule has 8 heteroatoms. The Bertz CT molecular complexity index is 1460. The first kappa shape index (κ1) is 18.6. The molecule has 3 aromatic carbocycles. The number of nitrogens with zero attached hydrogens (tertiary/aromatic N) is 2. The number of fused-ring (bicyclic) bond motifs is 1. The Morgan fingerprint density at radius 3 is 2.45 bits per heavy atom. The van der Waals surface area contributed by atoms with Crippen LogP contribution in [-0.4, -0.2) is 26.1 Å². The fourth-order valence-corrected chi connectivity index (χ4v) is 3.34. The van der Waals surface area contributed by atoms with Crippen LogP contribution < -0.4 is 11.0 Å². The zero-order chi connectivity index (χ0) is 21.4. The van der Waals surface area contributed by atoms with E-state index in [1.807, 2.05) is 31.2 Å². The molecular weight excluding hydrogens is 394 g/mol. The Balaban J connectivity index is 1.34. The number of nitrogens with one attached hydrogen (secondary N) is 3. The minimum atomic E-state index is -0.291. The zero-order valence-electron chi connectivity index (χ0n) is 16.5. The van der Waals surface area contributed by atoms with Crippen molar-refractivity contribution in [2.75, 3.05) is 5.32 Å². The summed E-state index contributed by atoms with van der Waals surface area (Å²) in [7, 11) is 0. The Hall–Kier alpha value is -4.46. The third-order valence-corrected chi connectivity index (χ3v) is 4.97. The highest BCUT2D eigenvalue weighted by Crippen LogP contribution is 2.26. The van der Waals surface area contributed by atoms with Crippen LogP contribution in [0.25, 0.3) is 33.9 Å². The summed E-state index contributed by atoms with van der Waals surface area (Å²) in [5.41, 5.74) is 4.72. The van der Waals surface area contributed by atoms with Crippen molar-refractivity contribution >= 4 is 22.6 Å². The molecular formula is C23H17N5O3. The van der Waals surface area contributed by atoms with Gasteiger partial charge in [0.2, 0.25) is 11.8 Å². The summed E-state index contributed by atoms with van der Waals surface area (Å²) in [6.07, 6.45) is 0. The molecule has 3 N–H and O–H groups in total. The van der Waals surface area contributed by atoms with Crippen LogP contribution in [0.15, 0.2) is 75.9 Å². The number of hydrogen-bond donors (Lipinski definition) is 3. The molecule has 0 radical (unpaired) electrons. The van der Waals surface area contributed by atoms with E-state index in [0.717, 1.165) is 16.7 Å². The Morgan fingerprint density at radius 2 is 1.65 bits per heavy atom. The second kappa shape index (κ2) is 7.42. The second-order valence-corrected chi connectivity index (χ2v) is 7.10. The largest absolute Gasteiger partial charge is 0.416 e. The van der Waals surface area contributed by atoms with Crippen molar-refractivity contribution in [1.82, 2.24) is 20.2 Å². The standard InChI is InChI=1S/C23H17N5O3/c1-13-4-2-3-5-17(13)22-28-27-21(31-22)15-8-6-14(7-9-15)20(29)24-16-10-11-18-19(12-16)26-23(30)25-18/h2-12H,1H3,(H,24,29)(H2,25,26,30). The molecule has 0 aliphatic carbocycles. The van der Waals surface area contributed by atoms with E-state index in [9.17, 15) is 9.59 Å². The van der Waals surface area contributed by atoms with Crippen molar-refractivity contribution in [1.29, 1.82) is 0 Å². The third-order valence-electron chi connectivity index (χ3n) is 4.97. The Labute approximate surface area is 176 Å². The van der Waals surface area contributed by atoms with Crippen molar-refractivity contribution in [3.63, 3.8) is 0 Å². The summed E-state index contributed by atoms with van der Waals surface area (Å²) in [4.78, 5) is 29.3. The number of benzene rings is 3. The van der Waals surface area contributed by atoms with E-state index in [1.54, 1.807) is 42.5 Å². The first-order chi connectivity index (χ1) is 15.1. The van der Waals surface area contributed by atoms with Gasteiger partial charge < -0.3 is 19.7 Å². The average Bonchev–Trinajstić information content (AvgIpc) is 3.40. The van der Waals surface area contributed by atoms with Crippen molar-refractivity contribution < 1.29 is 9.21 Å². The minimum absolute atomic E-state index is 0.269. The molecule has 0 saturated carbocycles. The molecule has 5 rings (SSSR count). The maximum absolute atomic E-state index is 12.6. The van der Waals surface area contributed by atoms with Crippen LogP contribution in [0.5, 0.6) is 0 Å². The number of rotatable bonds is 4. The Morgan fingerprint density at radius 1 is 0.903 bits per heavy atom. The summed E-state index contributed by atoms with van der Waals surface area (Å²) in [6.45, 7) is 1.98. The normalized spacial score (nSPS) is 11.0. The molecule has 31 heavy (non-hydrogen) atoms. The molecule has 0 atom stereocenters. The lowest BCUT2D eigenvalue weighted by Crippen LogP contribution is -2.11. The molecule has 2 aromatic heterocycles. The minimum Gasteiger partial charge on any atom is -0.416 e. The van der Waals surface area contributed by atoms with Gasteiger partial charge in [-0.25, -0.2) is 4.79 Å². The number of hydrogen-bond acceptors (Lipinski definition) is 5. The van der Waals surface area contributed by atoms with Gasteiger partial charge in [0.05, 0.1) is 11.0 Å². The van der Waals surface area contributed by atoms with E-state index in [-0.39, 0.29) is 11.6 Å². The predicted octanol–water partition coefficient (Wildman–Crippen LogP) is 4.13. The lowest BCUT2D eigenvalue weighted by Gasteiger charge is -2.06. The molecule has 152 valence electrons. The van der Waals surface area contributed by atoms with Crippen LogP contribution in [0.1, 0.15) is 15.9 Å². The quantitative estimate of drug-likeness (QED) is 0.411. The average molecular weight is 411 g/mol. The first-order valence-electron chi connectivity index (χ1n) is 9.60. The van der Waals surface area contributed by atoms with Crippen LogP contribution >= 0.6 is 0 Å². The summed E-state index contributed by atoms with van der Waals surface area (Å²) in [6, 6.07) is 19.9. The first-order valence-corrected chi connectivity index (χ1v) is 9.60. The number of aryl methyl sites for hydroxylation is 1. The van der Waals surface area contributed by atoms with Gasteiger partial charge >= 0.3 is 5.69 Å². The van der Waals surface area contributed by atoms with Gasteiger partial charge in [-0.15, -0.1) is 10.2 Å². The van der Waals surface area contributed by atoms with Gasteiger partial charge in [-0.3, -0.25) is 4.79 Å². The Kier molecular flexibility index (Phi) is 4.44. The van der Waals surface area contributed by atoms with E-state index in [0.29, 0.717) is 34.1 Å². The molecule has 1 amide bonds. The van der Waals surface area contributed by atoms with Gasteiger partial charge in [0, 0.05) is 22.4 Å². The van der Waals surface area contributed by atoms with Crippen molar-refractivity contribution in [3.8, 4) is 22.9 Å². The lowest BCUT2D eigenvalue weighted by molar-refractivity contribution is 0.102. The van der Waals surface area contributed by atoms with Crippen LogP contribution in [0, 0.1) is 6.92 Å². The van der Waals surface area contributed by atoms with Crippen LogP contribution in [0.2, 0.25) is 0 Å². The van der Waals surface area contributed by atoms with Crippen LogP contribution in [0.4, 0.5) is 5.69 Å². The fourth-order valence-electron chi connectivity index (χ4n) is 3.34. The lowest BCUT2D eigenvalue weighted by atomic mass is 10.1. The molecule has 8 nitrogen and oxygen atoms in total. The number of anilines is 1. The highest BCUT2D eigenvalue weighted by molar-refractivity contribution is 6.05. The van der Waals surface area contributed by atoms with E-state index >= 15 is 0 Å². The van der Waals surface area contributed by atoms with E-state index in [1.165, 1.54) is 0 Å².